The molecule has 0 aliphatic carbocycles. The number of nitrogens with zero attached hydrogens (tertiary/aromatic N) is 2. The number of hydrogen-bond donors (Lipinski definition) is 2. The van der Waals surface area contributed by atoms with Crippen LogP contribution in [0, 0.1) is 6.92 Å². The molecule has 1 unspecified atom stereocenters. The summed E-state index contributed by atoms with van der Waals surface area (Å²) in [7, 11) is 0. The minimum atomic E-state index is 0. The van der Waals surface area contributed by atoms with E-state index in [1.54, 1.807) is 28.7 Å². The molecular weight excluding hydrogens is 383 g/mol. The van der Waals surface area contributed by atoms with Crippen LogP contribution in [0.15, 0.2) is 23.6 Å². The molecule has 8 heteroatoms. The first-order chi connectivity index (χ1) is 11.0. The lowest BCUT2D eigenvalue weighted by Gasteiger charge is -2.25. The molecule has 0 amide bonds. The van der Waals surface area contributed by atoms with Crippen molar-refractivity contribution in [3.63, 3.8) is 0 Å². The molecule has 130 valence electrons. The molecule has 4 N–H and O–H groups in total. The van der Waals surface area contributed by atoms with Crippen LogP contribution in [0.4, 0.5) is 10.7 Å². The molecule has 3 aromatic rings. The van der Waals surface area contributed by atoms with Gasteiger partial charge >= 0.3 is 0 Å². The molecule has 0 spiro atoms. The fraction of sp³-hybridized carbons (Fsp3) is 0.312. The molecular formula is C16H20Cl2N4S2. The van der Waals surface area contributed by atoms with Gasteiger partial charge in [0.1, 0.15) is 5.15 Å². The molecule has 0 saturated carbocycles. The Morgan fingerprint density at radius 2 is 2.17 bits per heavy atom. The second-order valence-electron chi connectivity index (χ2n) is 5.68. The number of hydrogen-bond acceptors (Lipinski definition) is 6. The maximum absolute atomic E-state index is 6.12. The highest BCUT2D eigenvalue weighted by Gasteiger charge is 2.19. The van der Waals surface area contributed by atoms with E-state index in [0.29, 0.717) is 10.8 Å². The largest absolute Gasteiger partial charge is 0.397 e. The molecule has 0 aliphatic rings. The maximum Gasteiger partial charge on any atom is 0.131 e. The first-order valence-electron chi connectivity index (χ1n) is 7.33. The van der Waals surface area contributed by atoms with E-state index in [1.165, 1.54) is 4.88 Å². The molecule has 0 aromatic carbocycles. The number of rotatable bonds is 5. The van der Waals surface area contributed by atoms with E-state index in [-0.39, 0.29) is 18.4 Å². The first kappa shape index (κ1) is 19.3. The average Bonchev–Trinajstić information content (AvgIpc) is 3.07. The molecule has 0 bridgehead atoms. The van der Waals surface area contributed by atoms with E-state index in [4.69, 9.17) is 23.1 Å². The van der Waals surface area contributed by atoms with Gasteiger partial charge in [0, 0.05) is 23.0 Å². The summed E-state index contributed by atoms with van der Waals surface area (Å²) >= 11 is 9.48. The highest BCUT2D eigenvalue weighted by atomic mass is 35.5. The number of aryl methyl sites for hydroxylation is 1. The molecule has 24 heavy (non-hydrogen) atoms. The molecule has 0 radical (unpaired) electrons. The average molecular weight is 403 g/mol. The zero-order chi connectivity index (χ0) is 16.6. The van der Waals surface area contributed by atoms with Gasteiger partial charge in [-0.15, -0.1) is 35.1 Å². The third kappa shape index (κ3) is 3.95. The minimum absolute atomic E-state index is 0. The lowest BCUT2D eigenvalue weighted by Crippen LogP contribution is -2.35. The fourth-order valence-corrected chi connectivity index (χ4v) is 4.72. The smallest absolute Gasteiger partial charge is 0.131 e. The zero-order valence-electron chi connectivity index (χ0n) is 13.5. The van der Waals surface area contributed by atoms with E-state index in [2.05, 4.69) is 34.3 Å². The van der Waals surface area contributed by atoms with E-state index in [9.17, 15) is 0 Å². The topological polar surface area (TPSA) is 68.2 Å². The number of nitrogen functional groups attached to an aromatic ring is 1. The predicted molar refractivity (Wildman–Crippen MR) is 110 cm³/mol. The van der Waals surface area contributed by atoms with Gasteiger partial charge in [0.2, 0.25) is 0 Å². The van der Waals surface area contributed by atoms with Crippen LogP contribution < -0.4 is 16.4 Å². The summed E-state index contributed by atoms with van der Waals surface area (Å²) in [6, 6.07) is 6.00. The Balaban J connectivity index is 0.00000208. The van der Waals surface area contributed by atoms with Crippen molar-refractivity contribution >= 4 is 67.6 Å². The van der Waals surface area contributed by atoms with Crippen molar-refractivity contribution in [1.29, 1.82) is 0 Å². The summed E-state index contributed by atoms with van der Waals surface area (Å²) < 4.78 is 0.989. The number of halogens is 2. The molecule has 3 aromatic heterocycles. The lowest BCUT2D eigenvalue weighted by molar-refractivity contribution is 0.682. The van der Waals surface area contributed by atoms with Crippen molar-refractivity contribution in [3.8, 4) is 0 Å². The standard InChI is InChI=1S/C16H19ClN4S2.ClH/c1-9(18)7-21(8-11-4-3-5-22-11)16-10(2)14-15(23-16)12(19)6-13(17)20-14;/h3-6,9H,7-8,18H2,1-2H3,(H2,19,20);1H. The number of nitrogens with two attached hydrogens (primary N) is 2. The van der Waals surface area contributed by atoms with Crippen molar-refractivity contribution in [2.45, 2.75) is 26.4 Å². The van der Waals surface area contributed by atoms with Crippen LogP contribution in [-0.2, 0) is 6.54 Å². The number of aromatic nitrogens is 1. The van der Waals surface area contributed by atoms with E-state index < -0.39 is 0 Å². The third-order valence-electron chi connectivity index (χ3n) is 3.57. The van der Waals surface area contributed by atoms with Gasteiger partial charge in [-0.2, -0.15) is 0 Å². The van der Waals surface area contributed by atoms with E-state index in [1.807, 2.05) is 6.92 Å². The molecule has 0 aliphatic heterocycles. The number of pyridine rings is 1. The third-order valence-corrected chi connectivity index (χ3v) is 6.01. The minimum Gasteiger partial charge on any atom is -0.397 e. The Kier molecular flexibility index (Phi) is 6.33. The molecule has 4 nitrogen and oxygen atoms in total. The van der Waals surface area contributed by atoms with Gasteiger partial charge in [-0.1, -0.05) is 17.7 Å². The maximum atomic E-state index is 6.12. The highest BCUT2D eigenvalue weighted by molar-refractivity contribution is 7.23. The summed E-state index contributed by atoms with van der Waals surface area (Å²) in [6.45, 7) is 5.70. The number of thiophene rings is 2. The van der Waals surface area contributed by atoms with Crippen molar-refractivity contribution in [2.75, 3.05) is 17.2 Å². The van der Waals surface area contributed by atoms with Crippen LogP contribution in [0.5, 0.6) is 0 Å². The van der Waals surface area contributed by atoms with Gasteiger partial charge in [-0.3, -0.25) is 0 Å². The van der Waals surface area contributed by atoms with Crippen LogP contribution in [0.25, 0.3) is 10.2 Å². The van der Waals surface area contributed by atoms with Gasteiger partial charge in [0.25, 0.3) is 0 Å². The summed E-state index contributed by atoms with van der Waals surface area (Å²) in [5, 5.41) is 3.68. The van der Waals surface area contributed by atoms with Crippen LogP contribution in [0.1, 0.15) is 17.4 Å². The Morgan fingerprint density at radius 1 is 1.42 bits per heavy atom. The molecule has 3 rings (SSSR count). The molecule has 3 heterocycles. The predicted octanol–water partition coefficient (Wildman–Crippen LogP) is 4.68. The Morgan fingerprint density at radius 3 is 2.79 bits per heavy atom. The van der Waals surface area contributed by atoms with Gasteiger partial charge < -0.3 is 16.4 Å². The van der Waals surface area contributed by atoms with Gasteiger partial charge in [-0.05, 0) is 31.4 Å². The second kappa shape index (κ2) is 7.89. The van der Waals surface area contributed by atoms with E-state index in [0.717, 1.165) is 33.9 Å². The molecule has 1 atom stereocenters. The van der Waals surface area contributed by atoms with Crippen molar-refractivity contribution in [2.24, 2.45) is 5.73 Å². The highest BCUT2D eigenvalue weighted by Crippen LogP contribution is 2.41. The van der Waals surface area contributed by atoms with Crippen LogP contribution in [-0.4, -0.2) is 17.6 Å². The SMILES string of the molecule is Cc1c(N(Cc2cccs2)CC(C)N)sc2c(N)cc(Cl)nc12.Cl. The van der Waals surface area contributed by atoms with Crippen molar-refractivity contribution in [1.82, 2.24) is 4.98 Å². The Labute approximate surface area is 160 Å². The number of anilines is 2. The monoisotopic (exact) mass is 402 g/mol. The zero-order valence-corrected chi connectivity index (χ0v) is 16.7. The van der Waals surface area contributed by atoms with Gasteiger partial charge in [0.05, 0.1) is 27.4 Å². The fourth-order valence-electron chi connectivity index (χ4n) is 2.62. The van der Waals surface area contributed by atoms with Crippen LogP contribution >= 0.6 is 46.7 Å². The number of fused-ring (bicyclic) bond motifs is 1. The molecule has 0 fully saturated rings. The summed E-state index contributed by atoms with van der Waals surface area (Å²) in [4.78, 5) is 8.07. The molecule has 0 saturated heterocycles. The van der Waals surface area contributed by atoms with E-state index >= 15 is 0 Å². The quantitative estimate of drug-likeness (QED) is 0.607. The van der Waals surface area contributed by atoms with Crippen molar-refractivity contribution in [3.05, 3.63) is 39.2 Å². The van der Waals surface area contributed by atoms with Crippen molar-refractivity contribution < 1.29 is 0 Å². The summed E-state index contributed by atoms with van der Waals surface area (Å²) in [5.74, 6) is 0. The summed E-state index contributed by atoms with van der Waals surface area (Å²) in [5.41, 5.74) is 14.9. The normalized spacial score (nSPS) is 12.2. The van der Waals surface area contributed by atoms with Crippen LogP contribution in [0.2, 0.25) is 5.15 Å². The second-order valence-corrected chi connectivity index (χ2v) is 8.10. The van der Waals surface area contributed by atoms with Gasteiger partial charge in [0.15, 0.2) is 0 Å². The van der Waals surface area contributed by atoms with Gasteiger partial charge in [-0.25, -0.2) is 4.98 Å². The van der Waals surface area contributed by atoms with Crippen LogP contribution in [0.3, 0.4) is 0 Å². The Hall–Kier alpha value is -1.05. The Bertz CT molecular complexity index is 815. The first-order valence-corrected chi connectivity index (χ1v) is 9.41. The summed E-state index contributed by atoms with van der Waals surface area (Å²) in [6.07, 6.45) is 0. The lowest BCUT2D eigenvalue weighted by atomic mass is 10.2.